The molecular weight excluding hydrogens is 373 g/mol. The molecule has 3 heterocycles. The Morgan fingerprint density at radius 3 is 2.03 bits per heavy atom. The lowest BCUT2D eigenvalue weighted by Crippen LogP contribution is -2.47. The maximum Gasteiger partial charge on any atom is 0.254 e. The molecule has 29 heavy (non-hydrogen) atoms. The van der Waals surface area contributed by atoms with Crippen LogP contribution < -0.4 is 15.1 Å². The van der Waals surface area contributed by atoms with Gasteiger partial charge in [0.05, 0.1) is 5.56 Å². The second kappa shape index (κ2) is 8.59. The summed E-state index contributed by atoms with van der Waals surface area (Å²) >= 11 is 0. The van der Waals surface area contributed by atoms with Crippen LogP contribution in [0, 0.1) is 5.82 Å². The fourth-order valence-corrected chi connectivity index (χ4v) is 3.05. The number of hydrogen-bond donors (Lipinski definition) is 1. The van der Waals surface area contributed by atoms with E-state index >= 15 is 0 Å². The maximum absolute atomic E-state index is 12.9. The number of halogens is 1. The van der Waals surface area contributed by atoms with Crippen LogP contribution in [0.2, 0.25) is 0 Å². The van der Waals surface area contributed by atoms with Gasteiger partial charge < -0.3 is 15.1 Å². The molecule has 0 spiro atoms. The summed E-state index contributed by atoms with van der Waals surface area (Å²) in [5.41, 5.74) is 1.20. The highest BCUT2D eigenvalue weighted by molar-refractivity contribution is 5.93. The van der Waals surface area contributed by atoms with Crippen molar-refractivity contribution < 1.29 is 9.18 Å². The Labute approximate surface area is 167 Å². The van der Waals surface area contributed by atoms with Crippen molar-refractivity contribution in [3.8, 4) is 0 Å². The summed E-state index contributed by atoms with van der Waals surface area (Å²) in [5.74, 6) is 0.739. The SMILES string of the molecule is O=C(NCc1ccc(F)cc1)c1cnc(N2CCN(c3ncccn3)CC2)nc1. The van der Waals surface area contributed by atoms with Gasteiger partial charge in [0.15, 0.2) is 0 Å². The minimum absolute atomic E-state index is 0.271. The standard InChI is InChI=1S/C20H20FN7O/c21-17-4-2-15(3-5-17)12-24-18(29)16-13-25-20(26-14-16)28-10-8-27(9-11-28)19-22-6-1-7-23-19/h1-7,13-14H,8-12H2,(H,24,29). The van der Waals surface area contributed by atoms with E-state index in [1.54, 1.807) is 30.6 Å². The summed E-state index contributed by atoms with van der Waals surface area (Å²) in [6, 6.07) is 7.79. The zero-order valence-electron chi connectivity index (χ0n) is 15.7. The van der Waals surface area contributed by atoms with Gasteiger partial charge in [-0.1, -0.05) is 12.1 Å². The number of piperazine rings is 1. The monoisotopic (exact) mass is 393 g/mol. The van der Waals surface area contributed by atoms with Crippen LogP contribution in [-0.4, -0.2) is 52.0 Å². The Hall–Kier alpha value is -3.62. The molecule has 1 saturated heterocycles. The van der Waals surface area contributed by atoms with Crippen LogP contribution >= 0.6 is 0 Å². The largest absolute Gasteiger partial charge is 0.348 e. The van der Waals surface area contributed by atoms with Gasteiger partial charge in [-0.2, -0.15) is 0 Å². The van der Waals surface area contributed by atoms with E-state index in [0.29, 0.717) is 18.1 Å². The number of carbonyl (C=O) groups is 1. The molecule has 0 atom stereocenters. The Bertz CT molecular complexity index is 943. The number of carbonyl (C=O) groups excluding carboxylic acids is 1. The van der Waals surface area contributed by atoms with Gasteiger partial charge in [-0.05, 0) is 23.8 Å². The fraction of sp³-hybridized carbons (Fsp3) is 0.250. The maximum atomic E-state index is 12.9. The van der Waals surface area contributed by atoms with Crippen LogP contribution in [0.5, 0.6) is 0 Å². The van der Waals surface area contributed by atoms with Crippen LogP contribution in [-0.2, 0) is 6.54 Å². The predicted octanol–water partition coefficient (Wildman–Crippen LogP) is 1.66. The Balaban J connectivity index is 1.31. The minimum atomic E-state index is -0.304. The van der Waals surface area contributed by atoms with Crippen LogP contribution in [0.25, 0.3) is 0 Å². The molecule has 1 aliphatic rings. The predicted molar refractivity (Wildman–Crippen MR) is 106 cm³/mol. The van der Waals surface area contributed by atoms with Gasteiger partial charge in [0, 0.05) is 57.5 Å². The normalized spacial score (nSPS) is 14.0. The van der Waals surface area contributed by atoms with Crippen molar-refractivity contribution >= 4 is 17.8 Å². The lowest BCUT2D eigenvalue weighted by atomic mass is 10.2. The van der Waals surface area contributed by atoms with Gasteiger partial charge in [-0.25, -0.2) is 24.3 Å². The number of aromatic nitrogens is 4. The highest BCUT2D eigenvalue weighted by atomic mass is 19.1. The molecule has 1 aromatic carbocycles. The summed E-state index contributed by atoms with van der Waals surface area (Å²) in [5, 5.41) is 2.78. The first-order chi connectivity index (χ1) is 14.2. The van der Waals surface area contributed by atoms with Crippen molar-refractivity contribution in [1.82, 2.24) is 25.3 Å². The molecule has 2 aromatic heterocycles. The topological polar surface area (TPSA) is 87.1 Å². The second-order valence-corrected chi connectivity index (χ2v) is 6.60. The van der Waals surface area contributed by atoms with E-state index in [-0.39, 0.29) is 11.7 Å². The van der Waals surface area contributed by atoms with Gasteiger partial charge in [0.2, 0.25) is 11.9 Å². The molecule has 0 unspecified atom stereocenters. The van der Waals surface area contributed by atoms with E-state index in [2.05, 4.69) is 35.1 Å². The second-order valence-electron chi connectivity index (χ2n) is 6.60. The van der Waals surface area contributed by atoms with Crippen molar-refractivity contribution in [3.63, 3.8) is 0 Å². The van der Waals surface area contributed by atoms with Crippen LogP contribution in [0.3, 0.4) is 0 Å². The average molecular weight is 393 g/mol. The molecule has 8 nitrogen and oxygen atoms in total. The third-order valence-corrected chi connectivity index (χ3v) is 4.66. The molecule has 1 amide bonds. The number of benzene rings is 1. The summed E-state index contributed by atoms with van der Waals surface area (Å²) in [6.07, 6.45) is 6.51. The number of amides is 1. The number of rotatable bonds is 5. The molecule has 0 saturated carbocycles. The molecule has 3 aromatic rings. The van der Waals surface area contributed by atoms with Gasteiger partial charge >= 0.3 is 0 Å². The summed E-state index contributed by atoms with van der Waals surface area (Å²) in [4.78, 5) is 33.7. The lowest BCUT2D eigenvalue weighted by Gasteiger charge is -2.34. The van der Waals surface area contributed by atoms with Gasteiger partial charge in [0.1, 0.15) is 5.82 Å². The highest BCUT2D eigenvalue weighted by Crippen LogP contribution is 2.14. The number of nitrogens with one attached hydrogen (secondary N) is 1. The molecule has 0 aliphatic carbocycles. The molecule has 4 rings (SSSR count). The van der Waals surface area contributed by atoms with Crippen LogP contribution in [0.1, 0.15) is 15.9 Å². The smallest absolute Gasteiger partial charge is 0.254 e. The minimum Gasteiger partial charge on any atom is -0.348 e. The summed E-state index contributed by atoms with van der Waals surface area (Å²) in [7, 11) is 0. The van der Waals surface area contributed by atoms with Gasteiger partial charge in [-0.3, -0.25) is 4.79 Å². The van der Waals surface area contributed by atoms with E-state index in [0.717, 1.165) is 37.7 Å². The van der Waals surface area contributed by atoms with E-state index < -0.39 is 0 Å². The van der Waals surface area contributed by atoms with Gasteiger partial charge in [-0.15, -0.1) is 0 Å². The quantitative estimate of drug-likeness (QED) is 0.705. The molecule has 0 bridgehead atoms. The Kier molecular flexibility index (Phi) is 5.55. The Morgan fingerprint density at radius 2 is 1.45 bits per heavy atom. The zero-order valence-corrected chi connectivity index (χ0v) is 15.7. The van der Waals surface area contributed by atoms with Crippen molar-refractivity contribution in [3.05, 3.63) is 72.1 Å². The molecule has 148 valence electrons. The van der Waals surface area contributed by atoms with Gasteiger partial charge in [0.25, 0.3) is 5.91 Å². The average Bonchev–Trinajstić information content (AvgIpc) is 2.79. The van der Waals surface area contributed by atoms with Crippen LogP contribution in [0.4, 0.5) is 16.3 Å². The molecule has 1 aliphatic heterocycles. The third kappa shape index (κ3) is 4.63. The summed E-state index contributed by atoms with van der Waals surface area (Å²) in [6.45, 7) is 3.34. The molecule has 1 fully saturated rings. The van der Waals surface area contributed by atoms with Crippen molar-refractivity contribution in [1.29, 1.82) is 0 Å². The van der Waals surface area contributed by atoms with E-state index in [9.17, 15) is 9.18 Å². The van der Waals surface area contributed by atoms with E-state index in [1.807, 2.05) is 0 Å². The van der Waals surface area contributed by atoms with E-state index in [4.69, 9.17) is 0 Å². The van der Waals surface area contributed by atoms with Crippen molar-refractivity contribution in [2.24, 2.45) is 0 Å². The number of nitrogens with zero attached hydrogens (tertiary/aromatic N) is 6. The first-order valence-electron chi connectivity index (χ1n) is 9.30. The molecule has 1 N–H and O–H groups in total. The molecular formula is C20H20FN7O. The van der Waals surface area contributed by atoms with Crippen LogP contribution in [0.15, 0.2) is 55.1 Å². The van der Waals surface area contributed by atoms with Crippen molar-refractivity contribution in [2.45, 2.75) is 6.54 Å². The van der Waals surface area contributed by atoms with Crippen molar-refractivity contribution in [2.75, 3.05) is 36.0 Å². The van der Waals surface area contributed by atoms with E-state index in [1.165, 1.54) is 24.5 Å². The number of anilines is 2. The lowest BCUT2D eigenvalue weighted by molar-refractivity contribution is 0.0950. The Morgan fingerprint density at radius 1 is 0.897 bits per heavy atom. The molecule has 0 radical (unpaired) electrons. The first-order valence-corrected chi connectivity index (χ1v) is 9.30. The fourth-order valence-electron chi connectivity index (χ4n) is 3.05. The first kappa shape index (κ1) is 18.7. The zero-order chi connectivity index (χ0) is 20.1. The summed E-state index contributed by atoms with van der Waals surface area (Å²) < 4.78 is 12.9. The molecule has 9 heteroatoms. The number of hydrogen-bond acceptors (Lipinski definition) is 7. The third-order valence-electron chi connectivity index (χ3n) is 4.66. The highest BCUT2D eigenvalue weighted by Gasteiger charge is 2.20.